The van der Waals surface area contributed by atoms with E-state index in [1.807, 2.05) is 55.6 Å². The van der Waals surface area contributed by atoms with E-state index >= 15 is 0 Å². The van der Waals surface area contributed by atoms with Crippen LogP contribution in [0.2, 0.25) is 5.02 Å². The lowest BCUT2D eigenvalue weighted by Crippen LogP contribution is -2.05. The number of anilines is 1. The Morgan fingerprint density at radius 2 is 1.95 bits per heavy atom. The smallest absolute Gasteiger partial charge is 0.128 e. The quantitative estimate of drug-likeness (QED) is 0.784. The molecule has 0 saturated carbocycles. The average Bonchev–Trinajstić information content (AvgIpc) is 2.74. The second-order valence-electron chi connectivity index (χ2n) is 4.44. The van der Waals surface area contributed by atoms with E-state index in [9.17, 15) is 0 Å². The molecule has 19 heavy (non-hydrogen) atoms. The fourth-order valence-corrected chi connectivity index (χ4v) is 2.28. The first-order valence-corrected chi connectivity index (χ1v) is 6.51. The van der Waals surface area contributed by atoms with Crippen LogP contribution in [0.5, 0.6) is 0 Å². The molecule has 0 aliphatic carbocycles. The number of rotatable bonds is 3. The fourth-order valence-electron chi connectivity index (χ4n) is 2.12. The van der Waals surface area contributed by atoms with Crippen LogP contribution in [0.15, 0.2) is 48.5 Å². The molecule has 0 unspecified atom stereocenters. The van der Waals surface area contributed by atoms with Crippen LogP contribution in [0.25, 0.3) is 11.0 Å². The SMILES string of the molecule is Cn1c(CNc2ccccc2)nc2cc(Cl)ccc21. The number of para-hydroxylation sites is 1. The zero-order valence-corrected chi connectivity index (χ0v) is 11.4. The van der Waals surface area contributed by atoms with Crippen LogP contribution in [0.4, 0.5) is 5.69 Å². The number of aryl methyl sites for hydroxylation is 1. The molecule has 0 bridgehead atoms. The highest BCUT2D eigenvalue weighted by atomic mass is 35.5. The number of nitrogens with zero attached hydrogens (tertiary/aromatic N) is 2. The molecule has 0 spiro atoms. The number of halogens is 1. The Bertz CT molecular complexity index is 704. The van der Waals surface area contributed by atoms with Gasteiger partial charge in [0.1, 0.15) is 5.82 Å². The Labute approximate surface area is 116 Å². The lowest BCUT2D eigenvalue weighted by Gasteiger charge is -2.06. The summed E-state index contributed by atoms with van der Waals surface area (Å²) in [6, 6.07) is 15.9. The van der Waals surface area contributed by atoms with Gasteiger partial charge in [-0.25, -0.2) is 4.98 Å². The van der Waals surface area contributed by atoms with Gasteiger partial charge in [-0.15, -0.1) is 0 Å². The van der Waals surface area contributed by atoms with Crippen molar-refractivity contribution in [3.05, 3.63) is 59.4 Å². The summed E-state index contributed by atoms with van der Waals surface area (Å²) < 4.78 is 2.08. The maximum absolute atomic E-state index is 5.99. The summed E-state index contributed by atoms with van der Waals surface area (Å²) >= 11 is 5.99. The molecule has 0 radical (unpaired) electrons. The van der Waals surface area contributed by atoms with Crippen LogP contribution >= 0.6 is 11.6 Å². The molecular formula is C15H14ClN3. The number of nitrogens with one attached hydrogen (secondary N) is 1. The van der Waals surface area contributed by atoms with Crippen LogP contribution in [0.1, 0.15) is 5.82 Å². The van der Waals surface area contributed by atoms with Gasteiger partial charge in [0.2, 0.25) is 0 Å². The number of hydrogen-bond donors (Lipinski definition) is 1. The Hall–Kier alpha value is -2.00. The molecule has 4 heteroatoms. The zero-order chi connectivity index (χ0) is 13.2. The molecule has 2 aromatic carbocycles. The van der Waals surface area contributed by atoms with E-state index < -0.39 is 0 Å². The lowest BCUT2D eigenvalue weighted by molar-refractivity contribution is 0.834. The molecule has 96 valence electrons. The third kappa shape index (κ3) is 2.42. The normalized spacial score (nSPS) is 10.8. The molecule has 0 aliphatic heterocycles. The number of aromatic nitrogens is 2. The van der Waals surface area contributed by atoms with Crippen molar-refractivity contribution in [2.75, 3.05) is 5.32 Å². The summed E-state index contributed by atoms with van der Waals surface area (Å²) in [5.74, 6) is 0.987. The van der Waals surface area contributed by atoms with Crippen molar-refractivity contribution in [2.24, 2.45) is 7.05 Å². The van der Waals surface area contributed by atoms with E-state index in [0.29, 0.717) is 11.6 Å². The van der Waals surface area contributed by atoms with E-state index in [1.54, 1.807) is 0 Å². The van der Waals surface area contributed by atoms with Crippen LogP contribution < -0.4 is 5.32 Å². The number of imidazole rings is 1. The Kier molecular flexibility index (Phi) is 3.13. The van der Waals surface area contributed by atoms with Gasteiger partial charge in [0.15, 0.2) is 0 Å². The average molecular weight is 272 g/mol. The molecule has 3 aromatic rings. The molecule has 3 rings (SSSR count). The Morgan fingerprint density at radius 3 is 2.74 bits per heavy atom. The van der Waals surface area contributed by atoms with Gasteiger partial charge >= 0.3 is 0 Å². The molecular weight excluding hydrogens is 258 g/mol. The van der Waals surface area contributed by atoms with Crippen molar-refractivity contribution >= 4 is 28.3 Å². The monoisotopic (exact) mass is 271 g/mol. The van der Waals surface area contributed by atoms with Crippen molar-refractivity contribution in [3.8, 4) is 0 Å². The highest BCUT2D eigenvalue weighted by Crippen LogP contribution is 2.20. The Balaban J connectivity index is 1.87. The fraction of sp³-hybridized carbons (Fsp3) is 0.133. The maximum atomic E-state index is 5.99. The maximum Gasteiger partial charge on any atom is 0.128 e. The Morgan fingerprint density at radius 1 is 1.16 bits per heavy atom. The minimum Gasteiger partial charge on any atom is -0.378 e. The van der Waals surface area contributed by atoms with E-state index in [4.69, 9.17) is 11.6 Å². The van der Waals surface area contributed by atoms with Gasteiger partial charge in [0, 0.05) is 17.8 Å². The third-order valence-corrected chi connectivity index (χ3v) is 3.40. The minimum absolute atomic E-state index is 0.687. The molecule has 0 aliphatic rings. The molecule has 1 heterocycles. The predicted molar refractivity (Wildman–Crippen MR) is 79.5 cm³/mol. The first-order chi connectivity index (χ1) is 9.24. The van der Waals surface area contributed by atoms with Crippen molar-refractivity contribution in [2.45, 2.75) is 6.54 Å². The summed E-state index contributed by atoms with van der Waals surface area (Å²) in [7, 11) is 2.02. The molecule has 0 amide bonds. The zero-order valence-electron chi connectivity index (χ0n) is 10.6. The topological polar surface area (TPSA) is 29.9 Å². The summed E-state index contributed by atoms with van der Waals surface area (Å²) in [6.07, 6.45) is 0. The van der Waals surface area contributed by atoms with Crippen molar-refractivity contribution < 1.29 is 0 Å². The summed E-state index contributed by atoms with van der Waals surface area (Å²) in [4.78, 5) is 4.60. The van der Waals surface area contributed by atoms with Gasteiger partial charge in [0.25, 0.3) is 0 Å². The third-order valence-electron chi connectivity index (χ3n) is 3.16. The molecule has 0 saturated heterocycles. The van der Waals surface area contributed by atoms with Gasteiger partial charge in [-0.1, -0.05) is 29.8 Å². The number of hydrogen-bond acceptors (Lipinski definition) is 2. The van der Waals surface area contributed by atoms with Gasteiger partial charge in [0.05, 0.1) is 17.6 Å². The van der Waals surface area contributed by atoms with Crippen molar-refractivity contribution in [3.63, 3.8) is 0 Å². The molecule has 0 fully saturated rings. The molecule has 1 N–H and O–H groups in total. The van der Waals surface area contributed by atoms with Gasteiger partial charge < -0.3 is 9.88 Å². The van der Waals surface area contributed by atoms with Crippen LogP contribution in [0, 0.1) is 0 Å². The van der Waals surface area contributed by atoms with Crippen molar-refractivity contribution in [1.29, 1.82) is 0 Å². The first kappa shape index (κ1) is 12.1. The first-order valence-electron chi connectivity index (χ1n) is 6.14. The largest absolute Gasteiger partial charge is 0.378 e. The van der Waals surface area contributed by atoms with E-state index in [2.05, 4.69) is 14.9 Å². The van der Waals surface area contributed by atoms with Crippen molar-refractivity contribution in [1.82, 2.24) is 9.55 Å². The lowest BCUT2D eigenvalue weighted by atomic mass is 10.3. The minimum atomic E-state index is 0.687. The van der Waals surface area contributed by atoms with E-state index in [1.165, 1.54) is 0 Å². The second kappa shape index (κ2) is 4.94. The standard InChI is InChI=1S/C15H14ClN3/c1-19-14-8-7-11(16)9-13(14)18-15(19)10-17-12-5-3-2-4-6-12/h2-9,17H,10H2,1H3. The van der Waals surface area contributed by atoms with Crippen LogP contribution in [0.3, 0.4) is 0 Å². The van der Waals surface area contributed by atoms with Crippen LogP contribution in [-0.4, -0.2) is 9.55 Å². The molecule has 1 aromatic heterocycles. The summed E-state index contributed by atoms with van der Waals surface area (Å²) in [5.41, 5.74) is 3.11. The van der Waals surface area contributed by atoms with E-state index in [-0.39, 0.29) is 0 Å². The van der Waals surface area contributed by atoms with Gasteiger partial charge in [-0.05, 0) is 30.3 Å². The van der Waals surface area contributed by atoms with Gasteiger partial charge in [-0.3, -0.25) is 0 Å². The molecule has 3 nitrogen and oxygen atoms in total. The summed E-state index contributed by atoms with van der Waals surface area (Å²) in [6.45, 7) is 0.687. The number of fused-ring (bicyclic) bond motifs is 1. The van der Waals surface area contributed by atoms with Gasteiger partial charge in [-0.2, -0.15) is 0 Å². The second-order valence-corrected chi connectivity index (χ2v) is 4.88. The summed E-state index contributed by atoms with van der Waals surface area (Å²) in [5, 5.41) is 4.08. The highest BCUT2D eigenvalue weighted by molar-refractivity contribution is 6.31. The van der Waals surface area contributed by atoms with Crippen LogP contribution in [-0.2, 0) is 13.6 Å². The predicted octanol–water partition coefficient (Wildman–Crippen LogP) is 3.84. The molecule has 0 atom stereocenters. The number of benzene rings is 2. The van der Waals surface area contributed by atoms with E-state index in [0.717, 1.165) is 22.5 Å². The highest BCUT2D eigenvalue weighted by Gasteiger charge is 2.07.